The van der Waals surface area contributed by atoms with Gasteiger partial charge in [-0.2, -0.15) is 0 Å². The van der Waals surface area contributed by atoms with Gasteiger partial charge in [0.1, 0.15) is 0 Å². The molecule has 0 aliphatic carbocycles. The van der Waals surface area contributed by atoms with Crippen LogP contribution in [0.2, 0.25) is 0 Å². The van der Waals surface area contributed by atoms with E-state index in [1.165, 1.54) is 6.20 Å². The van der Waals surface area contributed by atoms with E-state index in [2.05, 4.69) is 16.7 Å². The average molecular weight is 148 g/mol. The standard InChI is InChI=1S/C8H8N2O/c1-6-3-10-4-8(9-2)7(6)5-11/h3-5H,2H2,1H3. The maximum atomic E-state index is 10.5. The summed E-state index contributed by atoms with van der Waals surface area (Å²) in [6.45, 7) is 5.14. The van der Waals surface area contributed by atoms with E-state index in [-0.39, 0.29) is 0 Å². The van der Waals surface area contributed by atoms with Crippen molar-refractivity contribution in [2.75, 3.05) is 0 Å². The van der Waals surface area contributed by atoms with E-state index in [0.717, 1.165) is 11.8 Å². The van der Waals surface area contributed by atoms with Crippen LogP contribution >= 0.6 is 0 Å². The quantitative estimate of drug-likeness (QED) is 0.471. The molecule has 0 atom stereocenters. The van der Waals surface area contributed by atoms with Crippen molar-refractivity contribution in [3.63, 3.8) is 0 Å². The molecule has 1 rings (SSSR count). The van der Waals surface area contributed by atoms with Crippen molar-refractivity contribution in [3.05, 3.63) is 23.5 Å². The summed E-state index contributed by atoms with van der Waals surface area (Å²) in [5.74, 6) is 0. The van der Waals surface area contributed by atoms with E-state index < -0.39 is 0 Å². The Bertz CT molecular complexity index is 294. The van der Waals surface area contributed by atoms with Gasteiger partial charge in [0.2, 0.25) is 0 Å². The second kappa shape index (κ2) is 3.05. The number of hydrogen-bond acceptors (Lipinski definition) is 3. The minimum atomic E-state index is 0.542. The lowest BCUT2D eigenvalue weighted by atomic mass is 10.1. The maximum absolute atomic E-state index is 10.5. The number of aryl methyl sites for hydroxylation is 1. The number of hydrogen-bond donors (Lipinski definition) is 0. The van der Waals surface area contributed by atoms with Crippen molar-refractivity contribution in [1.82, 2.24) is 4.98 Å². The fourth-order valence-electron chi connectivity index (χ4n) is 0.840. The van der Waals surface area contributed by atoms with E-state index in [0.29, 0.717) is 11.3 Å². The molecule has 1 heterocycles. The number of aromatic nitrogens is 1. The van der Waals surface area contributed by atoms with Gasteiger partial charge in [0.25, 0.3) is 0 Å². The number of carbonyl (C=O) groups excluding carboxylic acids is 1. The van der Waals surface area contributed by atoms with Crippen molar-refractivity contribution in [1.29, 1.82) is 0 Å². The largest absolute Gasteiger partial charge is 0.298 e. The molecule has 0 amide bonds. The van der Waals surface area contributed by atoms with Crippen LogP contribution in [0.5, 0.6) is 0 Å². The summed E-state index contributed by atoms with van der Waals surface area (Å²) in [6.07, 6.45) is 3.91. The third-order valence-electron chi connectivity index (χ3n) is 1.45. The summed E-state index contributed by atoms with van der Waals surface area (Å²) in [4.78, 5) is 18.0. The first kappa shape index (κ1) is 7.60. The number of aldehydes is 1. The Labute approximate surface area is 64.8 Å². The Hall–Kier alpha value is -1.51. The minimum Gasteiger partial charge on any atom is -0.298 e. The van der Waals surface area contributed by atoms with Crippen LogP contribution < -0.4 is 0 Å². The van der Waals surface area contributed by atoms with Crippen molar-refractivity contribution < 1.29 is 4.79 Å². The third kappa shape index (κ3) is 1.32. The van der Waals surface area contributed by atoms with E-state index >= 15 is 0 Å². The highest BCUT2D eigenvalue weighted by atomic mass is 16.1. The Morgan fingerprint density at radius 1 is 1.64 bits per heavy atom. The minimum absolute atomic E-state index is 0.542. The lowest BCUT2D eigenvalue weighted by Crippen LogP contribution is -1.87. The topological polar surface area (TPSA) is 42.3 Å². The van der Waals surface area contributed by atoms with Crippen LogP contribution in [-0.2, 0) is 0 Å². The summed E-state index contributed by atoms with van der Waals surface area (Å²) in [7, 11) is 0. The highest BCUT2D eigenvalue weighted by Crippen LogP contribution is 2.17. The normalized spacial score (nSPS) is 9.18. The van der Waals surface area contributed by atoms with Crippen LogP contribution in [0.1, 0.15) is 15.9 Å². The number of pyridine rings is 1. The monoisotopic (exact) mass is 148 g/mol. The molecule has 0 saturated heterocycles. The molecule has 0 spiro atoms. The Balaban J connectivity index is 3.35. The first-order valence-corrected chi connectivity index (χ1v) is 3.16. The Kier molecular flexibility index (Phi) is 2.11. The fraction of sp³-hybridized carbons (Fsp3) is 0.125. The molecule has 0 saturated carbocycles. The van der Waals surface area contributed by atoms with Gasteiger partial charge in [0, 0.05) is 11.8 Å². The molecular formula is C8H8N2O. The zero-order chi connectivity index (χ0) is 8.27. The fourth-order valence-corrected chi connectivity index (χ4v) is 0.840. The van der Waals surface area contributed by atoms with Gasteiger partial charge in [-0.25, -0.2) is 0 Å². The second-order valence-corrected chi connectivity index (χ2v) is 2.17. The van der Waals surface area contributed by atoms with E-state index in [1.807, 2.05) is 6.92 Å². The SMILES string of the molecule is C=Nc1cncc(C)c1C=O. The number of aliphatic imine (C=N–C) groups is 1. The van der Waals surface area contributed by atoms with Gasteiger partial charge in [0.15, 0.2) is 6.29 Å². The molecule has 56 valence electrons. The van der Waals surface area contributed by atoms with Crippen LogP contribution in [0.15, 0.2) is 17.4 Å². The van der Waals surface area contributed by atoms with Crippen LogP contribution in [0.3, 0.4) is 0 Å². The highest BCUT2D eigenvalue weighted by Gasteiger charge is 2.01. The molecular weight excluding hydrogens is 140 g/mol. The lowest BCUT2D eigenvalue weighted by Gasteiger charge is -1.99. The van der Waals surface area contributed by atoms with E-state index in [4.69, 9.17) is 0 Å². The van der Waals surface area contributed by atoms with Crippen LogP contribution in [-0.4, -0.2) is 18.0 Å². The Morgan fingerprint density at radius 2 is 2.36 bits per heavy atom. The molecule has 0 bridgehead atoms. The molecule has 0 radical (unpaired) electrons. The molecule has 11 heavy (non-hydrogen) atoms. The van der Waals surface area contributed by atoms with Gasteiger partial charge < -0.3 is 0 Å². The van der Waals surface area contributed by atoms with Gasteiger partial charge in [-0.1, -0.05) is 0 Å². The van der Waals surface area contributed by atoms with Gasteiger partial charge >= 0.3 is 0 Å². The molecule has 3 heteroatoms. The summed E-state index contributed by atoms with van der Waals surface area (Å²) >= 11 is 0. The van der Waals surface area contributed by atoms with Gasteiger partial charge in [-0.15, -0.1) is 0 Å². The average Bonchev–Trinajstić information content (AvgIpc) is 2.04. The summed E-state index contributed by atoms with van der Waals surface area (Å²) in [5.41, 5.74) is 1.93. The zero-order valence-electron chi connectivity index (χ0n) is 6.24. The number of rotatable bonds is 2. The number of nitrogens with zero attached hydrogens (tertiary/aromatic N) is 2. The molecule has 0 N–H and O–H groups in total. The van der Waals surface area contributed by atoms with Crippen molar-refractivity contribution >= 4 is 18.7 Å². The van der Waals surface area contributed by atoms with Gasteiger partial charge in [-0.3, -0.25) is 14.8 Å². The molecule has 0 aromatic carbocycles. The molecule has 3 nitrogen and oxygen atoms in total. The van der Waals surface area contributed by atoms with Gasteiger partial charge in [0.05, 0.1) is 11.9 Å². The number of carbonyl (C=O) groups is 1. The summed E-state index contributed by atoms with van der Waals surface area (Å²) < 4.78 is 0. The molecule has 0 aliphatic rings. The first-order valence-electron chi connectivity index (χ1n) is 3.16. The molecule has 0 aliphatic heterocycles. The van der Waals surface area contributed by atoms with E-state index in [9.17, 15) is 4.79 Å². The zero-order valence-corrected chi connectivity index (χ0v) is 6.24. The van der Waals surface area contributed by atoms with Crippen molar-refractivity contribution in [2.24, 2.45) is 4.99 Å². The lowest BCUT2D eigenvalue weighted by molar-refractivity contribution is 0.112. The summed E-state index contributed by atoms with van der Waals surface area (Å²) in [5, 5.41) is 0. The summed E-state index contributed by atoms with van der Waals surface area (Å²) in [6, 6.07) is 0. The smallest absolute Gasteiger partial charge is 0.152 e. The van der Waals surface area contributed by atoms with Crippen LogP contribution in [0.4, 0.5) is 5.69 Å². The van der Waals surface area contributed by atoms with Crippen molar-refractivity contribution in [2.45, 2.75) is 6.92 Å². The predicted molar refractivity (Wildman–Crippen MR) is 43.6 cm³/mol. The van der Waals surface area contributed by atoms with Crippen molar-refractivity contribution in [3.8, 4) is 0 Å². The predicted octanol–water partition coefficient (Wildman–Crippen LogP) is 1.53. The maximum Gasteiger partial charge on any atom is 0.152 e. The third-order valence-corrected chi connectivity index (χ3v) is 1.45. The molecule has 1 aromatic heterocycles. The van der Waals surface area contributed by atoms with Crippen LogP contribution in [0, 0.1) is 6.92 Å². The molecule has 1 aromatic rings. The van der Waals surface area contributed by atoms with E-state index in [1.54, 1.807) is 6.20 Å². The second-order valence-electron chi connectivity index (χ2n) is 2.17. The first-order chi connectivity index (χ1) is 5.29. The Morgan fingerprint density at radius 3 is 2.82 bits per heavy atom. The molecule has 0 fully saturated rings. The molecule has 0 unspecified atom stereocenters. The van der Waals surface area contributed by atoms with Gasteiger partial charge in [-0.05, 0) is 19.2 Å². The van der Waals surface area contributed by atoms with Crippen LogP contribution in [0.25, 0.3) is 0 Å². The highest BCUT2D eigenvalue weighted by molar-refractivity contribution is 5.84.